The first-order valence-electron chi connectivity index (χ1n) is 6.68. The third kappa shape index (κ3) is 3.15. The fourth-order valence-corrected chi connectivity index (χ4v) is 2.79. The maximum Gasteiger partial charge on any atom is 0.326 e. The molecule has 1 atom stereocenters. The van der Waals surface area contributed by atoms with Gasteiger partial charge in [0.25, 0.3) is 0 Å². The Labute approximate surface area is 123 Å². The highest BCUT2D eigenvalue weighted by atomic mass is 32.2. The first-order chi connectivity index (χ1) is 9.60. The number of amides is 1. The molecular formula is C15H19NO3S. The Kier molecular flexibility index (Phi) is 4.70. The lowest BCUT2D eigenvalue weighted by molar-refractivity contribution is -0.142. The third-order valence-electron chi connectivity index (χ3n) is 3.73. The van der Waals surface area contributed by atoms with Gasteiger partial charge < -0.3 is 10.4 Å². The van der Waals surface area contributed by atoms with Crippen molar-refractivity contribution in [3.05, 3.63) is 35.9 Å². The maximum atomic E-state index is 12.4. The van der Waals surface area contributed by atoms with Gasteiger partial charge in [-0.15, -0.1) is 0 Å². The molecule has 0 spiro atoms. The van der Waals surface area contributed by atoms with Crippen molar-refractivity contribution in [2.45, 2.75) is 30.7 Å². The topological polar surface area (TPSA) is 66.4 Å². The SMILES string of the molecule is CSCC[C@@H](NC(=O)C1(c2ccccc2)CC1)C(=O)O. The molecule has 2 rings (SSSR count). The van der Waals surface area contributed by atoms with E-state index in [4.69, 9.17) is 0 Å². The molecule has 0 aromatic heterocycles. The summed E-state index contributed by atoms with van der Waals surface area (Å²) in [7, 11) is 0. The summed E-state index contributed by atoms with van der Waals surface area (Å²) in [6, 6.07) is 8.80. The van der Waals surface area contributed by atoms with Gasteiger partial charge in [-0.05, 0) is 36.8 Å². The second-order valence-electron chi connectivity index (χ2n) is 5.09. The van der Waals surface area contributed by atoms with Gasteiger partial charge in [0, 0.05) is 0 Å². The molecule has 1 saturated carbocycles. The Morgan fingerprint density at radius 3 is 2.50 bits per heavy atom. The summed E-state index contributed by atoms with van der Waals surface area (Å²) in [5, 5.41) is 11.9. The molecule has 1 aliphatic rings. The lowest BCUT2D eigenvalue weighted by Crippen LogP contribution is -2.45. The van der Waals surface area contributed by atoms with E-state index in [1.807, 2.05) is 36.6 Å². The van der Waals surface area contributed by atoms with E-state index in [9.17, 15) is 14.7 Å². The van der Waals surface area contributed by atoms with Gasteiger partial charge in [0.05, 0.1) is 5.41 Å². The molecule has 0 bridgehead atoms. The van der Waals surface area contributed by atoms with Crippen molar-refractivity contribution in [3.63, 3.8) is 0 Å². The summed E-state index contributed by atoms with van der Waals surface area (Å²) in [6.45, 7) is 0. The highest BCUT2D eigenvalue weighted by Crippen LogP contribution is 2.48. The monoisotopic (exact) mass is 293 g/mol. The fraction of sp³-hybridized carbons (Fsp3) is 0.467. The van der Waals surface area contributed by atoms with Crippen LogP contribution >= 0.6 is 11.8 Å². The number of carbonyl (C=O) groups excluding carboxylic acids is 1. The van der Waals surface area contributed by atoms with Crippen LogP contribution in [-0.4, -0.2) is 35.0 Å². The van der Waals surface area contributed by atoms with E-state index in [0.29, 0.717) is 6.42 Å². The van der Waals surface area contributed by atoms with Gasteiger partial charge in [0.15, 0.2) is 0 Å². The van der Waals surface area contributed by atoms with Crippen LogP contribution in [0.3, 0.4) is 0 Å². The van der Waals surface area contributed by atoms with Gasteiger partial charge in [-0.2, -0.15) is 11.8 Å². The van der Waals surface area contributed by atoms with Gasteiger partial charge in [-0.25, -0.2) is 4.79 Å². The number of thioether (sulfide) groups is 1. The Bertz CT molecular complexity index is 485. The molecule has 0 radical (unpaired) electrons. The van der Waals surface area contributed by atoms with Crippen LogP contribution in [-0.2, 0) is 15.0 Å². The Hall–Kier alpha value is -1.49. The van der Waals surface area contributed by atoms with E-state index in [1.54, 1.807) is 11.8 Å². The second-order valence-corrected chi connectivity index (χ2v) is 6.08. The number of aliphatic carboxylic acids is 1. The lowest BCUT2D eigenvalue weighted by Gasteiger charge is -2.20. The quantitative estimate of drug-likeness (QED) is 0.807. The van der Waals surface area contributed by atoms with Crippen LogP contribution in [0, 0.1) is 0 Å². The predicted octanol–water partition coefficient (Wildman–Crippen LogP) is 2.04. The number of benzene rings is 1. The molecule has 1 aliphatic carbocycles. The molecule has 108 valence electrons. The second kappa shape index (κ2) is 6.31. The molecule has 1 fully saturated rings. The van der Waals surface area contributed by atoms with Crippen LogP contribution in [0.1, 0.15) is 24.8 Å². The maximum absolute atomic E-state index is 12.4. The third-order valence-corrected chi connectivity index (χ3v) is 4.37. The van der Waals surface area contributed by atoms with E-state index in [2.05, 4.69) is 5.32 Å². The molecule has 0 unspecified atom stereocenters. The van der Waals surface area contributed by atoms with Crippen LogP contribution in [0.2, 0.25) is 0 Å². The van der Waals surface area contributed by atoms with Crippen molar-refractivity contribution >= 4 is 23.6 Å². The van der Waals surface area contributed by atoms with E-state index in [1.165, 1.54) is 0 Å². The number of hydrogen-bond donors (Lipinski definition) is 2. The summed E-state index contributed by atoms with van der Waals surface area (Å²) >= 11 is 1.58. The lowest BCUT2D eigenvalue weighted by atomic mass is 9.94. The normalized spacial score (nSPS) is 17.2. The molecule has 2 N–H and O–H groups in total. The molecule has 5 heteroatoms. The number of rotatable bonds is 7. The summed E-state index contributed by atoms with van der Waals surface area (Å²) in [5.41, 5.74) is 0.473. The predicted molar refractivity (Wildman–Crippen MR) is 79.9 cm³/mol. The van der Waals surface area contributed by atoms with Gasteiger partial charge >= 0.3 is 5.97 Å². The highest BCUT2D eigenvalue weighted by molar-refractivity contribution is 7.98. The van der Waals surface area contributed by atoms with Gasteiger partial charge in [0.2, 0.25) is 5.91 Å². The van der Waals surface area contributed by atoms with Crippen LogP contribution in [0.15, 0.2) is 30.3 Å². The number of carboxylic acids is 1. The van der Waals surface area contributed by atoms with E-state index >= 15 is 0 Å². The molecule has 0 heterocycles. The van der Waals surface area contributed by atoms with Crippen LogP contribution in [0.4, 0.5) is 0 Å². The molecular weight excluding hydrogens is 274 g/mol. The van der Waals surface area contributed by atoms with Crippen molar-refractivity contribution in [3.8, 4) is 0 Å². The molecule has 1 amide bonds. The van der Waals surface area contributed by atoms with Crippen molar-refractivity contribution < 1.29 is 14.7 Å². The van der Waals surface area contributed by atoms with Crippen LogP contribution in [0.5, 0.6) is 0 Å². The Morgan fingerprint density at radius 2 is 2.00 bits per heavy atom. The van der Waals surface area contributed by atoms with Crippen molar-refractivity contribution in [1.29, 1.82) is 0 Å². The summed E-state index contributed by atoms with van der Waals surface area (Å²) in [4.78, 5) is 23.6. The molecule has 4 nitrogen and oxygen atoms in total. The average Bonchev–Trinajstić information content (AvgIpc) is 3.25. The first-order valence-corrected chi connectivity index (χ1v) is 8.08. The zero-order valence-electron chi connectivity index (χ0n) is 11.5. The van der Waals surface area contributed by atoms with Crippen LogP contribution < -0.4 is 5.32 Å². The first kappa shape index (κ1) is 14.9. The molecule has 0 aliphatic heterocycles. The summed E-state index contributed by atoms with van der Waals surface area (Å²) in [5.74, 6) is -0.399. The molecule has 1 aromatic carbocycles. The largest absolute Gasteiger partial charge is 0.480 e. The number of carboxylic acid groups (broad SMARTS) is 1. The van der Waals surface area contributed by atoms with Crippen LogP contribution in [0.25, 0.3) is 0 Å². The van der Waals surface area contributed by atoms with Crippen molar-refractivity contribution in [2.24, 2.45) is 0 Å². The Morgan fingerprint density at radius 1 is 1.35 bits per heavy atom. The summed E-state index contributed by atoms with van der Waals surface area (Å²) in [6.07, 6.45) is 3.95. The van der Waals surface area contributed by atoms with Gasteiger partial charge in [0.1, 0.15) is 6.04 Å². The standard InChI is InChI=1S/C15H19NO3S/c1-20-10-7-12(13(17)18)16-14(19)15(8-9-15)11-5-3-2-4-6-11/h2-6,12H,7-10H2,1H3,(H,16,19)(H,17,18)/t12-/m1/s1. The van der Waals surface area contributed by atoms with Gasteiger partial charge in [-0.1, -0.05) is 30.3 Å². The average molecular weight is 293 g/mol. The van der Waals surface area contributed by atoms with Gasteiger partial charge in [-0.3, -0.25) is 4.79 Å². The van der Waals surface area contributed by atoms with E-state index in [-0.39, 0.29) is 5.91 Å². The minimum absolute atomic E-state index is 0.155. The molecule has 20 heavy (non-hydrogen) atoms. The zero-order valence-corrected chi connectivity index (χ0v) is 12.3. The minimum atomic E-state index is -0.962. The van der Waals surface area contributed by atoms with E-state index in [0.717, 1.165) is 24.2 Å². The number of carbonyl (C=O) groups is 2. The number of nitrogens with one attached hydrogen (secondary N) is 1. The highest BCUT2D eigenvalue weighted by Gasteiger charge is 2.51. The minimum Gasteiger partial charge on any atom is -0.480 e. The fourth-order valence-electron chi connectivity index (χ4n) is 2.32. The zero-order chi connectivity index (χ0) is 14.6. The Balaban J connectivity index is 2.05. The smallest absolute Gasteiger partial charge is 0.326 e. The number of hydrogen-bond acceptors (Lipinski definition) is 3. The molecule has 0 saturated heterocycles. The molecule has 1 aromatic rings. The van der Waals surface area contributed by atoms with Crippen molar-refractivity contribution in [1.82, 2.24) is 5.32 Å². The summed E-state index contributed by atoms with van der Waals surface area (Å²) < 4.78 is 0. The van der Waals surface area contributed by atoms with Crippen molar-refractivity contribution in [2.75, 3.05) is 12.0 Å². The van der Waals surface area contributed by atoms with E-state index < -0.39 is 17.4 Å².